The summed E-state index contributed by atoms with van der Waals surface area (Å²) >= 11 is 0. The zero-order chi connectivity index (χ0) is 11.2. The van der Waals surface area contributed by atoms with Gasteiger partial charge in [-0.1, -0.05) is 0 Å². The molecule has 0 saturated heterocycles. The summed E-state index contributed by atoms with van der Waals surface area (Å²) < 4.78 is 6.88. The Morgan fingerprint density at radius 1 is 1.56 bits per heavy atom. The van der Waals surface area contributed by atoms with E-state index in [0.29, 0.717) is 19.1 Å². The number of nitrogens with zero attached hydrogens (tertiary/aromatic N) is 2. The number of rotatable bonds is 6. The van der Waals surface area contributed by atoms with Crippen molar-refractivity contribution in [1.29, 1.82) is 0 Å². The zero-order valence-corrected chi connectivity index (χ0v) is 9.26. The van der Waals surface area contributed by atoms with Crippen molar-refractivity contribution >= 4 is 6.09 Å². The van der Waals surface area contributed by atoms with Gasteiger partial charge in [0.15, 0.2) is 0 Å². The fraction of sp³-hybridized carbons (Fsp3) is 0.636. The molecule has 0 bridgehead atoms. The molecule has 1 aliphatic carbocycles. The quantitative estimate of drug-likeness (QED) is 0.742. The summed E-state index contributed by atoms with van der Waals surface area (Å²) in [6, 6.07) is 1.89. The van der Waals surface area contributed by atoms with Crippen LogP contribution in [0, 0.1) is 5.92 Å². The molecule has 0 spiro atoms. The molecule has 5 heteroatoms. The van der Waals surface area contributed by atoms with E-state index in [1.54, 1.807) is 6.20 Å². The standard InChI is InChI=1S/C11H17N3O2/c15-11(16-9-10-3-4-10)12-5-1-7-14-8-2-6-13-14/h2,6,8,10H,1,3-5,7,9H2,(H,12,15). The summed E-state index contributed by atoms with van der Waals surface area (Å²) in [6.45, 7) is 2.02. The van der Waals surface area contributed by atoms with Crippen molar-refractivity contribution in [2.75, 3.05) is 13.2 Å². The van der Waals surface area contributed by atoms with E-state index in [0.717, 1.165) is 13.0 Å². The van der Waals surface area contributed by atoms with Gasteiger partial charge in [0.05, 0.1) is 6.61 Å². The monoisotopic (exact) mass is 223 g/mol. The van der Waals surface area contributed by atoms with E-state index < -0.39 is 0 Å². The van der Waals surface area contributed by atoms with Crippen LogP contribution in [0.25, 0.3) is 0 Å². The van der Waals surface area contributed by atoms with Crippen LogP contribution in [0.15, 0.2) is 18.5 Å². The summed E-state index contributed by atoms with van der Waals surface area (Å²) in [5.41, 5.74) is 0. The largest absolute Gasteiger partial charge is 0.449 e. The molecule has 2 rings (SSSR count). The van der Waals surface area contributed by atoms with Crippen molar-refractivity contribution < 1.29 is 9.53 Å². The fourth-order valence-electron chi connectivity index (χ4n) is 1.39. The average molecular weight is 223 g/mol. The Morgan fingerprint density at radius 3 is 3.12 bits per heavy atom. The SMILES string of the molecule is O=C(NCCCn1cccn1)OCC1CC1. The van der Waals surface area contributed by atoms with Gasteiger partial charge in [-0.2, -0.15) is 5.10 Å². The second kappa shape index (κ2) is 5.53. The minimum Gasteiger partial charge on any atom is -0.449 e. The smallest absolute Gasteiger partial charge is 0.407 e. The highest BCUT2D eigenvalue weighted by Gasteiger charge is 2.22. The highest BCUT2D eigenvalue weighted by molar-refractivity contribution is 5.67. The van der Waals surface area contributed by atoms with Crippen LogP contribution < -0.4 is 5.32 Å². The number of hydrogen-bond donors (Lipinski definition) is 1. The number of aryl methyl sites for hydroxylation is 1. The number of hydrogen-bond acceptors (Lipinski definition) is 3. The molecule has 0 atom stereocenters. The number of aromatic nitrogens is 2. The lowest BCUT2D eigenvalue weighted by Gasteiger charge is -2.06. The van der Waals surface area contributed by atoms with E-state index in [-0.39, 0.29) is 6.09 Å². The number of ether oxygens (including phenoxy) is 1. The molecule has 1 N–H and O–H groups in total. The molecule has 5 nitrogen and oxygen atoms in total. The molecular formula is C11H17N3O2. The van der Waals surface area contributed by atoms with Crippen molar-refractivity contribution in [3.8, 4) is 0 Å². The molecule has 88 valence electrons. The van der Waals surface area contributed by atoms with Gasteiger partial charge in [-0.3, -0.25) is 4.68 Å². The van der Waals surface area contributed by atoms with Crippen LogP contribution in [0.3, 0.4) is 0 Å². The summed E-state index contributed by atoms with van der Waals surface area (Å²) in [6.07, 6.45) is 6.62. The minimum absolute atomic E-state index is 0.299. The lowest BCUT2D eigenvalue weighted by atomic mass is 10.4. The van der Waals surface area contributed by atoms with E-state index in [9.17, 15) is 4.79 Å². The van der Waals surface area contributed by atoms with Crippen molar-refractivity contribution in [1.82, 2.24) is 15.1 Å². The number of alkyl carbamates (subject to hydrolysis) is 1. The first-order valence-electron chi connectivity index (χ1n) is 5.72. The van der Waals surface area contributed by atoms with Gasteiger partial charge in [-0.15, -0.1) is 0 Å². The Bertz CT molecular complexity index is 320. The fourth-order valence-corrected chi connectivity index (χ4v) is 1.39. The maximum Gasteiger partial charge on any atom is 0.407 e. The second-order valence-corrected chi connectivity index (χ2v) is 4.09. The van der Waals surface area contributed by atoms with E-state index in [1.807, 2.05) is 16.9 Å². The maximum atomic E-state index is 11.2. The Hall–Kier alpha value is -1.52. The van der Waals surface area contributed by atoms with Crippen LogP contribution in [-0.4, -0.2) is 29.0 Å². The second-order valence-electron chi connectivity index (χ2n) is 4.09. The van der Waals surface area contributed by atoms with Crippen LogP contribution >= 0.6 is 0 Å². The zero-order valence-electron chi connectivity index (χ0n) is 9.26. The van der Waals surface area contributed by atoms with Crippen LogP contribution in [0.5, 0.6) is 0 Å². The van der Waals surface area contributed by atoms with E-state index >= 15 is 0 Å². The van der Waals surface area contributed by atoms with Gasteiger partial charge in [0.25, 0.3) is 0 Å². The van der Waals surface area contributed by atoms with E-state index in [4.69, 9.17) is 4.74 Å². The number of carbonyl (C=O) groups excluding carboxylic acids is 1. The molecule has 16 heavy (non-hydrogen) atoms. The van der Waals surface area contributed by atoms with Crippen LogP contribution in [0.1, 0.15) is 19.3 Å². The van der Waals surface area contributed by atoms with Crippen LogP contribution in [-0.2, 0) is 11.3 Å². The normalized spacial score (nSPS) is 14.8. The van der Waals surface area contributed by atoms with Gasteiger partial charge in [-0.25, -0.2) is 4.79 Å². The minimum atomic E-state index is -0.299. The Labute approximate surface area is 94.8 Å². The predicted octanol–water partition coefficient (Wildman–Crippen LogP) is 1.41. The third-order valence-corrected chi connectivity index (χ3v) is 2.54. The van der Waals surface area contributed by atoms with E-state index in [1.165, 1.54) is 12.8 Å². The molecule has 1 heterocycles. The highest BCUT2D eigenvalue weighted by Crippen LogP contribution is 2.28. The molecule has 0 radical (unpaired) electrons. The van der Waals surface area contributed by atoms with Crippen LogP contribution in [0.2, 0.25) is 0 Å². The first kappa shape index (κ1) is 11.0. The molecular weight excluding hydrogens is 206 g/mol. The van der Waals surface area contributed by atoms with Crippen LogP contribution in [0.4, 0.5) is 4.79 Å². The first-order valence-corrected chi connectivity index (χ1v) is 5.72. The molecule has 1 fully saturated rings. The van der Waals surface area contributed by atoms with Crippen molar-refractivity contribution in [3.63, 3.8) is 0 Å². The highest BCUT2D eigenvalue weighted by atomic mass is 16.5. The van der Waals surface area contributed by atoms with Crippen molar-refractivity contribution in [2.45, 2.75) is 25.8 Å². The van der Waals surface area contributed by atoms with Crippen molar-refractivity contribution in [3.05, 3.63) is 18.5 Å². The molecule has 1 aromatic heterocycles. The van der Waals surface area contributed by atoms with Gasteiger partial charge >= 0.3 is 6.09 Å². The molecule has 1 saturated carbocycles. The Morgan fingerprint density at radius 2 is 2.44 bits per heavy atom. The van der Waals surface area contributed by atoms with E-state index in [2.05, 4.69) is 10.4 Å². The molecule has 0 aromatic carbocycles. The number of carbonyl (C=O) groups is 1. The molecule has 1 aromatic rings. The molecule has 1 amide bonds. The summed E-state index contributed by atoms with van der Waals surface area (Å²) in [7, 11) is 0. The summed E-state index contributed by atoms with van der Waals surface area (Å²) in [5, 5.41) is 6.80. The van der Waals surface area contributed by atoms with Gasteiger partial charge in [-0.05, 0) is 31.2 Å². The topological polar surface area (TPSA) is 56.2 Å². The lowest BCUT2D eigenvalue weighted by molar-refractivity contribution is 0.141. The first-order chi connectivity index (χ1) is 7.84. The predicted molar refractivity (Wildman–Crippen MR) is 58.9 cm³/mol. The van der Waals surface area contributed by atoms with Gasteiger partial charge < -0.3 is 10.1 Å². The summed E-state index contributed by atoms with van der Waals surface area (Å²) in [4.78, 5) is 11.2. The van der Waals surface area contributed by atoms with Gasteiger partial charge in [0, 0.05) is 25.5 Å². The van der Waals surface area contributed by atoms with Crippen molar-refractivity contribution in [2.24, 2.45) is 5.92 Å². The molecule has 0 aliphatic heterocycles. The molecule has 0 unspecified atom stereocenters. The van der Waals surface area contributed by atoms with Gasteiger partial charge in [0.2, 0.25) is 0 Å². The third-order valence-electron chi connectivity index (χ3n) is 2.54. The third kappa shape index (κ3) is 3.92. The maximum absolute atomic E-state index is 11.2. The Balaban J connectivity index is 1.48. The summed E-state index contributed by atoms with van der Waals surface area (Å²) in [5.74, 6) is 0.620. The lowest BCUT2D eigenvalue weighted by Crippen LogP contribution is -2.26. The molecule has 1 aliphatic rings. The average Bonchev–Trinajstić information content (AvgIpc) is 2.97. The Kier molecular flexibility index (Phi) is 3.80. The number of amides is 1. The number of nitrogens with one attached hydrogen (secondary N) is 1. The van der Waals surface area contributed by atoms with Gasteiger partial charge in [0.1, 0.15) is 0 Å².